The highest BCUT2D eigenvalue weighted by Gasteiger charge is 2.18. The van der Waals surface area contributed by atoms with E-state index in [-0.39, 0.29) is 18.5 Å². The number of ether oxygens (including phenoxy) is 1. The fourth-order valence-electron chi connectivity index (χ4n) is 8.75. The Morgan fingerprint density at radius 1 is 0.435 bits per heavy atom. The van der Waals surface area contributed by atoms with Gasteiger partial charge in [0.1, 0.15) is 0 Å². The standard InChI is InChI=1S/C56H109NO5/c1-3-5-7-9-11-13-15-17-19-20-21-22-23-24-25-26-28-32-36-40-44-48-54(59)53(52-58)57-55(60)49-45-41-37-33-30-31-35-39-43-47-51-62-56(61)50-46-42-38-34-29-27-18-16-14-12-10-8-6-4-2/h44,48,53-54,58-59H,3-43,45-47,49-52H2,1-2H3,(H,57,60)/b48-44+. The Bertz CT molecular complexity index is 924. The number of aliphatic hydroxyl groups is 2. The number of hydrogen-bond donors (Lipinski definition) is 3. The number of carbonyl (C=O) groups is 2. The van der Waals surface area contributed by atoms with Crippen molar-refractivity contribution in [3.8, 4) is 0 Å². The lowest BCUT2D eigenvalue weighted by atomic mass is 10.0. The molecule has 0 saturated carbocycles. The summed E-state index contributed by atoms with van der Waals surface area (Å²) in [6, 6.07) is -0.644. The van der Waals surface area contributed by atoms with Crippen LogP contribution < -0.4 is 5.32 Å². The lowest BCUT2D eigenvalue weighted by molar-refractivity contribution is -0.143. The minimum atomic E-state index is -0.858. The first-order valence-electron chi connectivity index (χ1n) is 28.0. The molecule has 1 amide bonds. The Kier molecular flexibility index (Phi) is 51.0. The molecule has 0 radical (unpaired) electrons. The maximum atomic E-state index is 12.5. The van der Waals surface area contributed by atoms with Crippen LogP contribution in [0.3, 0.4) is 0 Å². The van der Waals surface area contributed by atoms with E-state index < -0.39 is 12.1 Å². The van der Waals surface area contributed by atoms with Crippen LogP contribution in [-0.4, -0.2) is 47.4 Å². The van der Waals surface area contributed by atoms with Crippen LogP contribution in [0.2, 0.25) is 0 Å². The van der Waals surface area contributed by atoms with Crippen LogP contribution in [0.1, 0.15) is 309 Å². The van der Waals surface area contributed by atoms with Gasteiger partial charge < -0.3 is 20.3 Å². The smallest absolute Gasteiger partial charge is 0.305 e. The zero-order valence-corrected chi connectivity index (χ0v) is 41.9. The molecule has 0 saturated heterocycles. The summed E-state index contributed by atoms with van der Waals surface area (Å²) in [5.74, 6) is -0.105. The number of hydrogen-bond acceptors (Lipinski definition) is 5. The van der Waals surface area contributed by atoms with Crippen molar-refractivity contribution in [1.82, 2.24) is 5.32 Å². The molecule has 0 aromatic carbocycles. The number of rotatable bonds is 52. The molecule has 0 rings (SSSR count). The summed E-state index contributed by atoms with van der Waals surface area (Å²) in [6.45, 7) is 4.87. The van der Waals surface area contributed by atoms with Gasteiger partial charge in [-0.05, 0) is 32.1 Å². The second-order valence-electron chi connectivity index (χ2n) is 19.3. The summed E-state index contributed by atoms with van der Waals surface area (Å²) in [7, 11) is 0. The largest absolute Gasteiger partial charge is 0.466 e. The highest BCUT2D eigenvalue weighted by atomic mass is 16.5. The normalized spacial score (nSPS) is 12.6. The van der Waals surface area contributed by atoms with Gasteiger partial charge in [0, 0.05) is 12.8 Å². The van der Waals surface area contributed by atoms with Gasteiger partial charge >= 0.3 is 5.97 Å². The molecular formula is C56H109NO5. The molecule has 0 bridgehead atoms. The molecule has 0 fully saturated rings. The molecule has 0 aromatic rings. The molecule has 6 nitrogen and oxygen atoms in total. The van der Waals surface area contributed by atoms with Crippen LogP contribution in [0.25, 0.3) is 0 Å². The molecule has 3 N–H and O–H groups in total. The van der Waals surface area contributed by atoms with Gasteiger partial charge in [-0.2, -0.15) is 0 Å². The van der Waals surface area contributed by atoms with Gasteiger partial charge in [-0.15, -0.1) is 0 Å². The van der Waals surface area contributed by atoms with Crippen LogP contribution in [0.5, 0.6) is 0 Å². The van der Waals surface area contributed by atoms with E-state index in [1.54, 1.807) is 6.08 Å². The van der Waals surface area contributed by atoms with Crippen molar-refractivity contribution in [1.29, 1.82) is 0 Å². The quantitative estimate of drug-likeness (QED) is 0.0321. The lowest BCUT2D eigenvalue weighted by Crippen LogP contribution is -2.45. The van der Waals surface area contributed by atoms with Gasteiger partial charge in [0.05, 0.1) is 25.4 Å². The van der Waals surface area contributed by atoms with Crippen molar-refractivity contribution in [2.45, 2.75) is 321 Å². The summed E-state index contributed by atoms with van der Waals surface area (Å²) in [6.07, 6.45) is 60.8. The van der Waals surface area contributed by atoms with E-state index in [1.807, 2.05) is 6.08 Å². The van der Waals surface area contributed by atoms with Crippen LogP contribution in [0, 0.1) is 0 Å². The number of amides is 1. The van der Waals surface area contributed by atoms with Crippen LogP contribution in [0.15, 0.2) is 12.2 Å². The summed E-state index contributed by atoms with van der Waals surface area (Å²) < 4.78 is 5.46. The van der Waals surface area contributed by atoms with Crippen LogP contribution in [0.4, 0.5) is 0 Å². The van der Waals surface area contributed by atoms with E-state index in [2.05, 4.69) is 19.2 Å². The molecule has 0 aromatic heterocycles. The van der Waals surface area contributed by atoms with E-state index in [1.165, 1.54) is 225 Å². The Labute approximate surface area is 387 Å². The first kappa shape index (κ1) is 60.6. The third-order valence-corrected chi connectivity index (χ3v) is 13.1. The summed E-state index contributed by atoms with van der Waals surface area (Å²) in [4.78, 5) is 24.5. The van der Waals surface area contributed by atoms with Crippen molar-refractivity contribution < 1.29 is 24.5 Å². The number of aliphatic hydroxyl groups excluding tert-OH is 2. The topological polar surface area (TPSA) is 95.9 Å². The second kappa shape index (κ2) is 52.2. The van der Waals surface area contributed by atoms with Gasteiger partial charge in [-0.25, -0.2) is 0 Å². The second-order valence-corrected chi connectivity index (χ2v) is 19.3. The average molecular weight is 876 g/mol. The Morgan fingerprint density at radius 2 is 0.742 bits per heavy atom. The Hall–Kier alpha value is -1.40. The van der Waals surface area contributed by atoms with E-state index in [4.69, 9.17) is 4.74 Å². The van der Waals surface area contributed by atoms with Crippen molar-refractivity contribution in [2.75, 3.05) is 13.2 Å². The SMILES string of the molecule is CCCCCCCCCCCCCCCCCCCCC/C=C/C(O)C(CO)NC(=O)CCCCCCCCCCCCOC(=O)CCCCCCCCCCCCCCCC. The Balaban J connectivity index is 3.50. The van der Waals surface area contributed by atoms with E-state index >= 15 is 0 Å². The fraction of sp³-hybridized carbons (Fsp3) is 0.929. The third kappa shape index (κ3) is 48.1. The van der Waals surface area contributed by atoms with Crippen molar-refractivity contribution in [3.05, 3.63) is 12.2 Å². The van der Waals surface area contributed by atoms with Gasteiger partial charge in [0.2, 0.25) is 5.91 Å². The van der Waals surface area contributed by atoms with E-state index in [0.717, 1.165) is 57.8 Å². The molecule has 0 spiro atoms. The number of carbonyl (C=O) groups excluding carboxylic acids is 2. The van der Waals surface area contributed by atoms with Crippen molar-refractivity contribution in [3.63, 3.8) is 0 Å². The van der Waals surface area contributed by atoms with Gasteiger partial charge in [-0.3, -0.25) is 9.59 Å². The zero-order valence-electron chi connectivity index (χ0n) is 41.9. The molecular weight excluding hydrogens is 767 g/mol. The van der Waals surface area contributed by atoms with E-state index in [9.17, 15) is 19.8 Å². The highest BCUT2D eigenvalue weighted by Crippen LogP contribution is 2.17. The van der Waals surface area contributed by atoms with Crippen molar-refractivity contribution in [2.24, 2.45) is 0 Å². The molecule has 2 unspecified atom stereocenters. The minimum absolute atomic E-state index is 0.0178. The average Bonchev–Trinajstić information content (AvgIpc) is 3.27. The van der Waals surface area contributed by atoms with Gasteiger partial charge in [-0.1, -0.05) is 276 Å². The number of unbranched alkanes of at least 4 members (excludes halogenated alkanes) is 41. The maximum Gasteiger partial charge on any atom is 0.305 e. The third-order valence-electron chi connectivity index (χ3n) is 13.1. The first-order valence-corrected chi connectivity index (χ1v) is 28.0. The van der Waals surface area contributed by atoms with Crippen LogP contribution >= 0.6 is 0 Å². The number of esters is 1. The molecule has 368 valence electrons. The molecule has 0 aliphatic rings. The summed E-state index contributed by atoms with van der Waals surface area (Å²) >= 11 is 0. The predicted octanol–water partition coefficient (Wildman–Crippen LogP) is 16.9. The van der Waals surface area contributed by atoms with E-state index in [0.29, 0.717) is 19.4 Å². The lowest BCUT2D eigenvalue weighted by Gasteiger charge is -2.20. The molecule has 0 heterocycles. The molecule has 2 atom stereocenters. The predicted molar refractivity (Wildman–Crippen MR) is 269 cm³/mol. The molecule has 0 aliphatic heterocycles. The van der Waals surface area contributed by atoms with Crippen LogP contribution in [-0.2, 0) is 14.3 Å². The highest BCUT2D eigenvalue weighted by molar-refractivity contribution is 5.76. The monoisotopic (exact) mass is 876 g/mol. The number of allylic oxidation sites excluding steroid dienone is 1. The molecule has 62 heavy (non-hydrogen) atoms. The molecule has 6 heteroatoms. The maximum absolute atomic E-state index is 12.5. The number of nitrogens with one attached hydrogen (secondary N) is 1. The van der Waals surface area contributed by atoms with Crippen molar-refractivity contribution >= 4 is 11.9 Å². The minimum Gasteiger partial charge on any atom is -0.466 e. The zero-order chi connectivity index (χ0) is 45.1. The van der Waals surface area contributed by atoms with Gasteiger partial charge in [0.15, 0.2) is 0 Å². The van der Waals surface area contributed by atoms with Gasteiger partial charge in [0.25, 0.3) is 0 Å². The fourth-order valence-corrected chi connectivity index (χ4v) is 8.75. The Morgan fingerprint density at radius 3 is 1.10 bits per heavy atom. The molecule has 0 aliphatic carbocycles. The first-order chi connectivity index (χ1) is 30.5. The summed E-state index contributed by atoms with van der Waals surface area (Å²) in [5.41, 5.74) is 0. The summed E-state index contributed by atoms with van der Waals surface area (Å²) in [5, 5.41) is 23.1.